The third-order valence-electron chi connectivity index (χ3n) is 5.05. The smallest absolute Gasteiger partial charge is 0.253 e. The predicted molar refractivity (Wildman–Crippen MR) is 107 cm³/mol. The zero-order chi connectivity index (χ0) is 19.2. The highest BCUT2D eigenvalue weighted by atomic mass is 16.5. The molecule has 0 atom stereocenters. The summed E-state index contributed by atoms with van der Waals surface area (Å²) in [7, 11) is 0. The number of nitrogens with zero attached hydrogens (tertiary/aromatic N) is 4. The molecule has 0 aliphatic carbocycles. The van der Waals surface area contributed by atoms with Gasteiger partial charge in [0.1, 0.15) is 0 Å². The molecule has 1 amide bonds. The maximum absolute atomic E-state index is 12.5. The van der Waals surface area contributed by atoms with Crippen LogP contribution in [0.5, 0.6) is 0 Å². The fraction of sp³-hybridized carbons (Fsp3) is 0.318. The standard InChI is InChI=1S/C22H24N4O2/c27-22(19-10-5-2-6-11-19)26-16-14-25(15-17-26)13-7-12-20-23-21(24-28-20)18-8-3-1-4-9-18/h1-6,8-11H,7,12-17H2. The molecule has 0 spiro atoms. The summed E-state index contributed by atoms with van der Waals surface area (Å²) in [5.41, 5.74) is 1.73. The molecule has 2 aromatic carbocycles. The Balaban J connectivity index is 1.21. The van der Waals surface area contributed by atoms with Crippen LogP contribution in [0.4, 0.5) is 0 Å². The summed E-state index contributed by atoms with van der Waals surface area (Å²) in [6, 6.07) is 19.4. The molecule has 6 heteroatoms. The van der Waals surface area contributed by atoms with Gasteiger partial charge in [-0.1, -0.05) is 53.7 Å². The van der Waals surface area contributed by atoms with Gasteiger partial charge in [-0.25, -0.2) is 0 Å². The second-order valence-electron chi connectivity index (χ2n) is 6.98. The molecular formula is C22H24N4O2. The Morgan fingerprint density at radius 3 is 2.32 bits per heavy atom. The Labute approximate surface area is 164 Å². The topological polar surface area (TPSA) is 62.5 Å². The predicted octanol–water partition coefficient (Wildman–Crippen LogP) is 3.13. The molecule has 3 aromatic rings. The van der Waals surface area contributed by atoms with Crippen molar-refractivity contribution in [3.63, 3.8) is 0 Å². The van der Waals surface area contributed by atoms with Crippen LogP contribution in [0.2, 0.25) is 0 Å². The van der Waals surface area contributed by atoms with Gasteiger partial charge in [0.25, 0.3) is 5.91 Å². The van der Waals surface area contributed by atoms with E-state index in [0.717, 1.165) is 56.7 Å². The number of benzene rings is 2. The third kappa shape index (κ3) is 4.46. The molecule has 0 unspecified atom stereocenters. The summed E-state index contributed by atoms with van der Waals surface area (Å²) in [6.45, 7) is 4.31. The largest absolute Gasteiger partial charge is 0.339 e. The van der Waals surface area contributed by atoms with E-state index >= 15 is 0 Å². The molecule has 28 heavy (non-hydrogen) atoms. The van der Waals surface area contributed by atoms with Crippen molar-refractivity contribution in [1.29, 1.82) is 0 Å². The van der Waals surface area contributed by atoms with Gasteiger partial charge in [-0.15, -0.1) is 0 Å². The van der Waals surface area contributed by atoms with Crippen LogP contribution in [0.3, 0.4) is 0 Å². The van der Waals surface area contributed by atoms with Gasteiger partial charge in [0.2, 0.25) is 11.7 Å². The summed E-state index contributed by atoms with van der Waals surface area (Å²) >= 11 is 0. The van der Waals surface area contributed by atoms with Gasteiger partial charge < -0.3 is 9.42 Å². The number of amides is 1. The monoisotopic (exact) mass is 376 g/mol. The van der Waals surface area contributed by atoms with Crippen LogP contribution in [-0.4, -0.2) is 58.6 Å². The second kappa shape index (κ2) is 8.80. The third-order valence-corrected chi connectivity index (χ3v) is 5.05. The molecule has 144 valence electrons. The first-order valence-corrected chi connectivity index (χ1v) is 9.74. The summed E-state index contributed by atoms with van der Waals surface area (Å²) in [4.78, 5) is 21.3. The van der Waals surface area contributed by atoms with Crippen molar-refractivity contribution in [2.45, 2.75) is 12.8 Å². The Morgan fingerprint density at radius 2 is 1.61 bits per heavy atom. The average molecular weight is 376 g/mol. The first-order chi connectivity index (χ1) is 13.8. The maximum atomic E-state index is 12.5. The van der Waals surface area contributed by atoms with Crippen LogP contribution < -0.4 is 0 Å². The molecule has 0 bridgehead atoms. The second-order valence-corrected chi connectivity index (χ2v) is 6.98. The van der Waals surface area contributed by atoms with Crippen molar-refractivity contribution in [3.05, 3.63) is 72.1 Å². The van der Waals surface area contributed by atoms with Crippen LogP contribution in [0.1, 0.15) is 22.7 Å². The molecule has 0 saturated carbocycles. The molecule has 1 fully saturated rings. The lowest BCUT2D eigenvalue weighted by Crippen LogP contribution is -2.48. The highest BCUT2D eigenvalue weighted by Crippen LogP contribution is 2.16. The summed E-state index contributed by atoms with van der Waals surface area (Å²) < 4.78 is 5.37. The number of piperazine rings is 1. The van der Waals surface area contributed by atoms with E-state index in [4.69, 9.17) is 4.52 Å². The van der Waals surface area contributed by atoms with E-state index in [-0.39, 0.29) is 5.91 Å². The molecule has 2 heterocycles. The summed E-state index contributed by atoms with van der Waals surface area (Å²) in [5, 5.41) is 4.07. The molecule has 1 aliphatic heterocycles. The molecule has 1 aliphatic rings. The number of carbonyl (C=O) groups is 1. The first kappa shape index (κ1) is 18.4. The zero-order valence-electron chi connectivity index (χ0n) is 15.8. The van der Waals surface area contributed by atoms with Gasteiger partial charge in [-0.2, -0.15) is 4.98 Å². The fourth-order valence-corrected chi connectivity index (χ4v) is 3.45. The van der Waals surface area contributed by atoms with Crippen LogP contribution in [0.25, 0.3) is 11.4 Å². The number of hydrogen-bond acceptors (Lipinski definition) is 5. The highest BCUT2D eigenvalue weighted by molar-refractivity contribution is 5.94. The zero-order valence-corrected chi connectivity index (χ0v) is 15.8. The van der Waals surface area contributed by atoms with E-state index in [1.807, 2.05) is 65.6 Å². The summed E-state index contributed by atoms with van der Waals surface area (Å²) in [5.74, 6) is 1.44. The molecule has 1 aromatic heterocycles. The van der Waals surface area contributed by atoms with Gasteiger partial charge in [0.05, 0.1) is 0 Å². The lowest BCUT2D eigenvalue weighted by atomic mass is 10.2. The highest BCUT2D eigenvalue weighted by Gasteiger charge is 2.21. The van der Waals surface area contributed by atoms with Crippen molar-refractivity contribution in [1.82, 2.24) is 19.9 Å². The summed E-state index contributed by atoms with van der Waals surface area (Å²) in [6.07, 6.45) is 1.73. The Hall–Kier alpha value is -2.99. The van der Waals surface area contributed by atoms with Gasteiger partial charge in [0, 0.05) is 43.7 Å². The van der Waals surface area contributed by atoms with E-state index < -0.39 is 0 Å². The Kier molecular flexibility index (Phi) is 5.77. The number of rotatable bonds is 6. The van der Waals surface area contributed by atoms with E-state index in [1.54, 1.807) is 0 Å². The molecule has 0 radical (unpaired) electrons. The molecule has 1 saturated heterocycles. The molecular weight excluding hydrogens is 352 g/mol. The number of aryl methyl sites for hydroxylation is 1. The Morgan fingerprint density at radius 1 is 0.929 bits per heavy atom. The SMILES string of the molecule is O=C(c1ccccc1)N1CCN(CCCc2nc(-c3ccccc3)no2)CC1. The van der Waals surface area contributed by atoms with Crippen molar-refractivity contribution < 1.29 is 9.32 Å². The van der Waals surface area contributed by atoms with E-state index in [9.17, 15) is 4.79 Å². The normalized spacial score (nSPS) is 14.9. The van der Waals surface area contributed by atoms with Crippen LogP contribution in [-0.2, 0) is 6.42 Å². The van der Waals surface area contributed by atoms with E-state index in [1.165, 1.54) is 0 Å². The van der Waals surface area contributed by atoms with Crippen molar-refractivity contribution in [3.8, 4) is 11.4 Å². The van der Waals surface area contributed by atoms with Gasteiger partial charge >= 0.3 is 0 Å². The van der Waals surface area contributed by atoms with Crippen molar-refractivity contribution in [2.75, 3.05) is 32.7 Å². The lowest BCUT2D eigenvalue weighted by molar-refractivity contribution is 0.0635. The molecule has 0 N–H and O–H groups in total. The van der Waals surface area contributed by atoms with Crippen molar-refractivity contribution in [2.24, 2.45) is 0 Å². The van der Waals surface area contributed by atoms with E-state index in [0.29, 0.717) is 11.7 Å². The van der Waals surface area contributed by atoms with E-state index in [2.05, 4.69) is 15.0 Å². The lowest BCUT2D eigenvalue weighted by Gasteiger charge is -2.34. The minimum absolute atomic E-state index is 0.125. The number of aromatic nitrogens is 2. The van der Waals surface area contributed by atoms with Gasteiger partial charge in [0.15, 0.2) is 0 Å². The minimum atomic E-state index is 0.125. The molecule has 4 rings (SSSR count). The van der Waals surface area contributed by atoms with Gasteiger partial charge in [-0.05, 0) is 25.1 Å². The van der Waals surface area contributed by atoms with Gasteiger partial charge in [-0.3, -0.25) is 9.69 Å². The Bertz CT molecular complexity index is 887. The van der Waals surface area contributed by atoms with Crippen LogP contribution in [0, 0.1) is 0 Å². The quantitative estimate of drug-likeness (QED) is 0.661. The number of carbonyl (C=O) groups excluding carboxylic acids is 1. The average Bonchev–Trinajstić information content (AvgIpc) is 3.24. The van der Waals surface area contributed by atoms with Crippen LogP contribution in [0.15, 0.2) is 65.2 Å². The molecule has 6 nitrogen and oxygen atoms in total. The minimum Gasteiger partial charge on any atom is -0.339 e. The van der Waals surface area contributed by atoms with Crippen molar-refractivity contribution >= 4 is 5.91 Å². The maximum Gasteiger partial charge on any atom is 0.253 e. The number of hydrogen-bond donors (Lipinski definition) is 0. The fourth-order valence-electron chi connectivity index (χ4n) is 3.45. The first-order valence-electron chi connectivity index (χ1n) is 9.74. The van der Waals surface area contributed by atoms with Crippen LogP contribution >= 0.6 is 0 Å².